The lowest BCUT2D eigenvalue weighted by Gasteiger charge is -2.13. The summed E-state index contributed by atoms with van der Waals surface area (Å²) >= 11 is 0. The van der Waals surface area contributed by atoms with Crippen LogP contribution in [0.25, 0.3) is 0 Å². The number of nitro benzene ring substituents is 1. The van der Waals surface area contributed by atoms with Crippen molar-refractivity contribution in [2.24, 2.45) is 0 Å². The van der Waals surface area contributed by atoms with Crippen LogP contribution in [0.2, 0.25) is 0 Å². The molecule has 1 aliphatic rings. The van der Waals surface area contributed by atoms with Gasteiger partial charge in [0, 0.05) is 25.2 Å². The molecule has 2 rings (SSSR count). The molecule has 0 radical (unpaired) electrons. The zero-order valence-corrected chi connectivity index (χ0v) is 11.1. The molecule has 0 spiro atoms. The number of benzene rings is 1. The van der Waals surface area contributed by atoms with E-state index >= 15 is 0 Å². The van der Waals surface area contributed by atoms with Gasteiger partial charge in [-0.3, -0.25) is 24.6 Å². The van der Waals surface area contributed by atoms with E-state index in [1.165, 1.54) is 12.1 Å². The Labute approximate surface area is 115 Å². The number of fused-ring (bicyclic) bond motifs is 1. The molecule has 7 nitrogen and oxygen atoms in total. The Kier molecular flexibility index (Phi) is 4.09. The number of carbonyl (C=O) groups is 2. The van der Waals surface area contributed by atoms with Gasteiger partial charge in [0.1, 0.15) is 0 Å². The summed E-state index contributed by atoms with van der Waals surface area (Å²) in [6, 6.07) is 3.74. The van der Waals surface area contributed by atoms with E-state index in [0.29, 0.717) is 6.54 Å². The molecule has 106 valence electrons. The summed E-state index contributed by atoms with van der Waals surface area (Å²) in [5.74, 6) is -0.856. The molecule has 7 heteroatoms. The average Bonchev–Trinajstić information content (AvgIpc) is 2.67. The smallest absolute Gasteiger partial charge is 0.270 e. The molecule has 0 atom stereocenters. The first kappa shape index (κ1) is 14.1. The number of imide groups is 1. The van der Waals surface area contributed by atoms with Crippen molar-refractivity contribution in [2.45, 2.75) is 13.3 Å². The monoisotopic (exact) mass is 277 g/mol. The lowest BCUT2D eigenvalue weighted by Crippen LogP contribution is -2.36. The predicted molar refractivity (Wildman–Crippen MR) is 71.6 cm³/mol. The lowest BCUT2D eigenvalue weighted by atomic mass is 10.1. The zero-order valence-electron chi connectivity index (χ0n) is 11.1. The van der Waals surface area contributed by atoms with Gasteiger partial charge in [0.05, 0.1) is 16.1 Å². The third-order valence-corrected chi connectivity index (χ3v) is 3.10. The molecule has 0 aromatic heterocycles. The van der Waals surface area contributed by atoms with Gasteiger partial charge >= 0.3 is 0 Å². The third-order valence-electron chi connectivity index (χ3n) is 3.10. The first-order valence-electron chi connectivity index (χ1n) is 6.41. The van der Waals surface area contributed by atoms with Gasteiger partial charge in [-0.15, -0.1) is 0 Å². The summed E-state index contributed by atoms with van der Waals surface area (Å²) < 4.78 is 0. The van der Waals surface area contributed by atoms with Crippen LogP contribution in [0.4, 0.5) is 5.69 Å². The minimum absolute atomic E-state index is 0.111. The first-order chi connectivity index (χ1) is 9.56. The summed E-state index contributed by atoms with van der Waals surface area (Å²) in [7, 11) is 0. The highest BCUT2D eigenvalue weighted by atomic mass is 16.6. The first-order valence-corrected chi connectivity index (χ1v) is 6.41. The average molecular weight is 277 g/mol. The van der Waals surface area contributed by atoms with Crippen molar-refractivity contribution in [1.29, 1.82) is 0 Å². The van der Waals surface area contributed by atoms with E-state index in [1.807, 2.05) is 6.92 Å². The number of nitro groups is 1. The number of non-ortho nitro benzene ring substituents is 1. The van der Waals surface area contributed by atoms with Crippen LogP contribution in [0.3, 0.4) is 0 Å². The van der Waals surface area contributed by atoms with Crippen LogP contribution in [0.5, 0.6) is 0 Å². The zero-order chi connectivity index (χ0) is 14.7. The summed E-state index contributed by atoms with van der Waals surface area (Å²) in [6.45, 7) is 3.62. The van der Waals surface area contributed by atoms with E-state index in [9.17, 15) is 19.7 Å². The van der Waals surface area contributed by atoms with E-state index in [4.69, 9.17) is 0 Å². The minimum Gasteiger partial charge on any atom is -0.315 e. The Hall–Kier alpha value is -2.28. The molecule has 1 aliphatic heterocycles. The Bertz CT molecular complexity index is 571. The van der Waals surface area contributed by atoms with Crippen molar-refractivity contribution < 1.29 is 14.5 Å². The van der Waals surface area contributed by atoms with Gasteiger partial charge in [-0.25, -0.2) is 0 Å². The Morgan fingerprint density at radius 1 is 1.20 bits per heavy atom. The highest BCUT2D eigenvalue weighted by molar-refractivity contribution is 6.21. The second kappa shape index (κ2) is 5.79. The number of hydrogen-bond donors (Lipinski definition) is 1. The summed E-state index contributed by atoms with van der Waals surface area (Å²) in [5.41, 5.74) is 0.159. The quantitative estimate of drug-likeness (QED) is 0.365. The highest BCUT2D eigenvalue weighted by Gasteiger charge is 2.36. The predicted octanol–water partition coefficient (Wildman–Crippen LogP) is 1.19. The summed E-state index contributed by atoms with van der Waals surface area (Å²) in [5, 5.41) is 13.8. The largest absolute Gasteiger partial charge is 0.315 e. The second-order valence-electron chi connectivity index (χ2n) is 4.50. The van der Waals surface area contributed by atoms with Gasteiger partial charge in [-0.1, -0.05) is 6.92 Å². The van der Waals surface area contributed by atoms with Crippen LogP contribution in [0.1, 0.15) is 34.1 Å². The molecular weight excluding hydrogens is 262 g/mol. The second-order valence-corrected chi connectivity index (χ2v) is 4.50. The normalized spacial score (nSPS) is 13.8. The number of carbonyl (C=O) groups excluding carboxylic acids is 2. The molecule has 0 unspecified atom stereocenters. The van der Waals surface area contributed by atoms with Crippen molar-refractivity contribution in [1.82, 2.24) is 10.2 Å². The van der Waals surface area contributed by atoms with Crippen LogP contribution in [-0.4, -0.2) is 41.3 Å². The van der Waals surface area contributed by atoms with Gasteiger partial charge in [0.25, 0.3) is 17.5 Å². The molecular formula is C13H15N3O4. The Balaban J connectivity index is 2.15. The van der Waals surface area contributed by atoms with Crippen molar-refractivity contribution in [2.75, 3.05) is 19.6 Å². The van der Waals surface area contributed by atoms with Crippen LogP contribution in [0, 0.1) is 10.1 Å². The molecule has 1 aromatic rings. The maximum absolute atomic E-state index is 12.1. The fourth-order valence-corrected chi connectivity index (χ4v) is 2.09. The molecule has 1 N–H and O–H groups in total. The van der Waals surface area contributed by atoms with Gasteiger partial charge in [0.15, 0.2) is 0 Å². The van der Waals surface area contributed by atoms with Crippen molar-refractivity contribution in [3.8, 4) is 0 Å². The van der Waals surface area contributed by atoms with Crippen molar-refractivity contribution in [3.63, 3.8) is 0 Å². The molecule has 1 aromatic carbocycles. The van der Waals surface area contributed by atoms with Gasteiger partial charge in [-0.05, 0) is 19.0 Å². The molecule has 2 amide bonds. The number of hydrogen-bond acceptors (Lipinski definition) is 5. The molecule has 1 heterocycles. The standard InChI is InChI=1S/C13H15N3O4/c1-2-5-14-6-7-15-12(17)10-4-3-9(16(19)20)8-11(10)13(15)18/h3-4,8,14H,2,5-7H2,1H3. The van der Waals surface area contributed by atoms with E-state index < -0.39 is 16.7 Å². The summed E-state index contributed by atoms with van der Waals surface area (Å²) in [4.78, 5) is 35.4. The molecule has 0 bridgehead atoms. The fourth-order valence-electron chi connectivity index (χ4n) is 2.09. The highest BCUT2D eigenvalue weighted by Crippen LogP contribution is 2.26. The number of nitrogens with zero attached hydrogens (tertiary/aromatic N) is 2. The maximum Gasteiger partial charge on any atom is 0.270 e. The Morgan fingerprint density at radius 2 is 1.90 bits per heavy atom. The molecule has 0 fully saturated rings. The Morgan fingerprint density at radius 3 is 2.55 bits per heavy atom. The number of nitrogens with one attached hydrogen (secondary N) is 1. The third kappa shape index (κ3) is 2.53. The molecule has 0 saturated heterocycles. The van der Waals surface area contributed by atoms with Gasteiger partial charge in [0.2, 0.25) is 0 Å². The molecule has 0 saturated carbocycles. The van der Waals surface area contributed by atoms with Gasteiger partial charge < -0.3 is 5.32 Å². The van der Waals surface area contributed by atoms with E-state index in [2.05, 4.69) is 5.32 Å². The number of rotatable bonds is 6. The topological polar surface area (TPSA) is 92.6 Å². The number of amides is 2. The maximum atomic E-state index is 12.1. The van der Waals surface area contributed by atoms with Crippen LogP contribution < -0.4 is 5.32 Å². The van der Waals surface area contributed by atoms with Crippen LogP contribution in [0.15, 0.2) is 18.2 Å². The van der Waals surface area contributed by atoms with Crippen molar-refractivity contribution in [3.05, 3.63) is 39.4 Å². The van der Waals surface area contributed by atoms with Gasteiger partial charge in [-0.2, -0.15) is 0 Å². The van der Waals surface area contributed by atoms with E-state index in [0.717, 1.165) is 23.9 Å². The minimum atomic E-state index is -0.580. The van der Waals surface area contributed by atoms with E-state index in [-0.39, 0.29) is 23.4 Å². The fraction of sp³-hybridized carbons (Fsp3) is 0.385. The van der Waals surface area contributed by atoms with Crippen LogP contribution >= 0.6 is 0 Å². The van der Waals surface area contributed by atoms with Crippen molar-refractivity contribution >= 4 is 17.5 Å². The lowest BCUT2D eigenvalue weighted by molar-refractivity contribution is -0.384. The molecule has 20 heavy (non-hydrogen) atoms. The van der Waals surface area contributed by atoms with E-state index in [1.54, 1.807) is 0 Å². The molecule has 0 aliphatic carbocycles. The summed E-state index contributed by atoms with van der Waals surface area (Å²) in [6.07, 6.45) is 0.967. The SMILES string of the molecule is CCCNCCN1C(=O)c2ccc([N+](=O)[O-])cc2C1=O. The van der Waals surface area contributed by atoms with Crippen LogP contribution in [-0.2, 0) is 0 Å².